The van der Waals surface area contributed by atoms with E-state index in [0.717, 1.165) is 16.9 Å². The van der Waals surface area contributed by atoms with E-state index in [1.54, 1.807) is 47.6 Å². The molecule has 0 radical (unpaired) electrons. The van der Waals surface area contributed by atoms with Crippen LogP contribution in [0.3, 0.4) is 0 Å². The van der Waals surface area contributed by atoms with Crippen molar-refractivity contribution < 1.29 is 9.53 Å². The molecule has 4 aromatic rings. The highest BCUT2D eigenvalue weighted by Crippen LogP contribution is 2.24. The Hall–Kier alpha value is -3.34. The zero-order valence-electron chi connectivity index (χ0n) is 17.1. The summed E-state index contributed by atoms with van der Waals surface area (Å²) in [5.41, 5.74) is 2.34. The van der Waals surface area contributed by atoms with E-state index in [-0.39, 0.29) is 5.91 Å². The van der Waals surface area contributed by atoms with Crippen LogP contribution >= 0.6 is 23.2 Å². The minimum Gasteiger partial charge on any atom is -0.457 e. The lowest BCUT2D eigenvalue weighted by Crippen LogP contribution is -2.30. The van der Waals surface area contributed by atoms with Gasteiger partial charge in [-0.05, 0) is 71.8 Å². The van der Waals surface area contributed by atoms with Gasteiger partial charge in [0.25, 0.3) is 5.91 Å². The molecule has 3 aromatic carbocycles. The molecule has 0 aliphatic heterocycles. The van der Waals surface area contributed by atoms with E-state index in [1.165, 1.54) is 0 Å². The molecule has 0 aliphatic rings. The van der Waals surface area contributed by atoms with Crippen molar-refractivity contribution in [3.05, 3.63) is 124 Å². The number of nitrogens with zero attached hydrogens (tertiary/aromatic N) is 2. The zero-order valence-corrected chi connectivity index (χ0v) is 18.6. The van der Waals surface area contributed by atoms with Crippen molar-refractivity contribution >= 4 is 29.1 Å². The Bertz CT molecular complexity index is 1160. The van der Waals surface area contributed by atoms with Crippen LogP contribution in [0.25, 0.3) is 0 Å². The highest BCUT2D eigenvalue weighted by atomic mass is 35.5. The van der Waals surface area contributed by atoms with Gasteiger partial charge in [0.05, 0.1) is 0 Å². The second kappa shape index (κ2) is 10.3. The first kappa shape index (κ1) is 21.9. The zero-order chi connectivity index (χ0) is 22.3. The van der Waals surface area contributed by atoms with Crippen LogP contribution < -0.4 is 4.74 Å². The Morgan fingerprint density at radius 1 is 0.781 bits per heavy atom. The molecule has 32 heavy (non-hydrogen) atoms. The molecule has 6 heteroatoms. The third-order valence-corrected chi connectivity index (χ3v) is 5.20. The van der Waals surface area contributed by atoms with Crippen molar-refractivity contribution in [1.82, 2.24) is 9.88 Å². The Kier molecular flexibility index (Phi) is 7.05. The molecule has 0 unspecified atom stereocenters. The molecule has 0 fully saturated rings. The number of benzene rings is 3. The summed E-state index contributed by atoms with van der Waals surface area (Å²) in [5, 5.41) is 1.06. The van der Waals surface area contributed by atoms with Crippen LogP contribution in [-0.4, -0.2) is 15.8 Å². The number of carbonyl (C=O) groups is 1. The van der Waals surface area contributed by atoms with Gasteiger partial charge in [0.1, 0.15) is 11.5 Å². The Balaban J connectivity index is 1.56. The van der Waals surface area contributed by atoms with E-state index < -0.39 is 0 Å². The predicted octanol–water partition coefficient (Wildman–Crippen LogP) is 7.02. The standard InChI is InChI=1S/C26H20Cl2N2O2/c27-22-13-20(14-23(28)15-22)18-30(17-19-5-4-12-29-16-19)26(31)21-8-10-25(11-9-21)32-24-6-2-1-3-7-24/h1-16H,17-18H2. The van der Waals surface area contributed by atoms with Gasteiger partial charge in [-0.2, -0.15) is 0 Å². The maximum atomic E-state index is 13.4. The molecule has 4 rings (SSSR count). The fourth-order valence-electron chi connectivity index (χ4n) is 3.31. The lowest BCUT2D eigenvalue weighted by atomic mass is 10.1. The molecular formula is C26H20Cl2N2O2. The Morgan fingerprint density at radius 2 is 1.44 bits per heavy atom. The number of carbonyl (C=O) groups excluding carboxylic acids is 1. The number of pyridine rings is 1. The summed E-state index contributed by atoms with van der Waals surface area (Å²) in [6, 6.07) is 25.7. The molecule has 0 saturated heterocycles. The first-order chi connectivity index (χ1) is 15.6. The molecule has 4 nitrogen and oxygen atoms in total. The largest absolute Gasteiger partial charge is 0.457 e. The molecule has 1 heterocycles. The minimum atomic E-state index is -0.115. The summed E-state index contributed by atoms with van der Waals surface area (Å²) >= 11 is 12.3. The van der Waals surface area contributed by atoms with Crippen LogP contribution in [0.4, 0.5) is 0 Å². The smallest absolute Gasteiger partial charge is 0.254 e. The third kappa shape index (κ3) is 5.88. The van der Waals surface area contributed by atoms with Gasteiger partial charge >= 0.3 is 0 Å². The number of ether oxygens (including phenoxy) is 1. The highest BCUT2D eigenvalue weighted by Gasteiger charge is 2.18. The molecule has 0 spiro atoms. The fraction of sp³-hybridized carbons (Fsp3) is 0.0769. The van der Waals surface area contributed by atoms with Gasteiger partial charge in [-0.1, -0.05) is 47.5 Å². The van der Waals surface area contributed by atoms with Crippen LogP contribution in [-0.2, 0) is 13.1 Å². The average Bonchev–Trinajstić information content (AvgIpc) is 2.79. The second-order valence-corrected chi connectivity index (χ2v) is 8.11. The molecule has 0 saturated carbocycles. The van der Waals surface area contributed by atoms with Crippen LogP contribution in [0.5, 0.6) is 11.5 Å². The van der Waals surface area contributed by atoms with Gasteiger partial charge in [-0.3, -0.25) is 9.78 Å². The molecule has 1 aromatic heterocycles. The van der Waals surface area contributed by atoms with Crippen LogP contribution in [0.2, 0.25) is 10.0 Å². The van der Waals surface area contributed by atoms with E-state index in [9.17, 15) is 4.79 Å². The quantitative estimate of drug-likeness (QED) is 0.296. The lowest BCUT2D eigenvalue weighted by molar-refractivity contribution is 0.0730. The van der Waals surface area contributed by atoms with Gasteiger partial charge < -0.3 is 9.64 Å². The van der Waals surface area contributed by atoms with Crippen LogP contribution in [0.1, 0.15) is 21.5 Å². The summed E-state index contributed by atoms with van der Waals surface area (Å²) in [5.74, 6) is 1.28. The average molecular weight is 463 g/mol. The van der Waals surface area contributed by atoms with Crippen molar-refractivity contribution in [2.24, 2.45) is 0 Å². The predicted molar refractivity (Wildman–Crippen MR) is 127 cm³/mol. The fourth-order valence-corrected chi connectivity index (χ4v) is 3.88. The maximum absolute atomic E-state index is 13.4. The summed E-state index contributed by atoms with van der Waals surface area (Å²) in [6.45, 7) is 0.759. The van der Waals surface area contributed by atoms with Gasteiger partial charge in [0.15, 0.2) is 0 Å². The van der Waals surface area contributed by atoms with Crippen molar-refractivity contribution in [2.75, 3.05) is 0 Å². The van der Waals surface area contributed by atoms with Crippen molar-refractivity contribution in [2.45, 2.75) is 13.1 Å². The van der Waals surface area contributed by atoms with E-state index in [4.69, 9.17) is 27.9 Å². The van der Waals surface area contributed by atoms with Crippen LogP contribution in [0, 0.1) is 0 Å². The van der Waals surface area contributed by atoms with Gasteiger partial charge in [-0.15, -0.1) is 0 Å². The monoisotopic (exact) mass is 462 g/mol. The number of aromatic nitrogens is 1. The number of halogens is 2. The van der Waals surface area contributed by atoms with Crippen molar-refractivity contribution in [1.29, 1.82) is 0 Å². The Morgan fingerprint density at radius 3 is 2.09 bits per heavy atom. The Labute approximate surface area is 197 Å². The van der Waals surface area contributed by atoms with E-state index in [1.807, 2.05) is 54.6 Å². The lowest BCUT2D eigenvalue weighted by Gasteiger charge is -2.23. The van der Waals surface area contributed by atoms with Gasteiger partial charge in [0, 0.05) is 41.1 Å². The first-order valence-corrected chi connectivity index (χ1v) is 10.8. The topological polar surface area (TPSA) is 42.4 Å². The molecule has 160 valence electrons. The van der Waals surface area contributed by atoms with E-state index in [0.29, 0.717) is 34.4 Å². The van der Waals surface area contributed by atoms with Crippen molar-refractivity contribution in [3.63, 3.8) is 0 Å². The SMILES string of the molecule is O=C(c1ccc(Oc2ccccc2)cc1)N(Cc1cccnc1)Cc1cc(Cl)cc(Cl)c1. The summed E-state index contributed by atoms with van der Waals surface area (Å²) < 4.78 is 5.83. The molecule has 0 N–H and O–H groups in total. The molecule has 0 aliphatic carbocycles. The third-order valence-electron chi connectivity index (χ3n) is 4.76. The van der Waals surface area contributed by atoms with E-state index in [2.05, 4.69) is 4.98 Å². The first-order valence-electron chi connectivity index (χ1n) is 10.0. The number of rotatable bonds is 7. The van der Waals surface area contributed by atoms with E-state index >= 15 is 0 Å². The molecular weight excluding hydrogens is 443 g/mol. The second-order valence-electron chi connectivity index (χ2n) is 7.24. The molecule has 0 bridgehead atoms. The number of hydrogen-bond acceptors (Lipinski definition) is 3. The maximum Gasteiger partial charge on any atom is 0.254 e. The summed E-state index contributed by atoms with van der Waals surface area (Å²) in [7, 11) is 0. The molecule has 0 atom stereocenters. The summed E-state index contributed by atoms with van der Waals surface area (Å²) in [4.78, 5) is 19.3. The molecule has 1 amide bonds. The van der Waals surface area contributed by atoms with Gasteiger partial charge in [0.2, 0.25) is 0 Å². The normalized spacial score (nSPS) is 10.6. The number of hydrogen-bond donors (Lipinski definition) is 0. The number of para-hydroxylation sites is 1. The van der Waals surface area contributed by atoms with Crippen LogP contribution in [0.15, 0.2) is 97.3 Å². The number of amides is 1. The summed E-state index contributed by atoms with van der Waals surface area (Å²) in [6.07, 6.45) is 3.46. The van der Waals surface area contributed by atoms with Crippen molar-refractivity contribution in [3.8, 4) is 11.5 Å². The van der Waals surface area contributed by atoms with Gasteiger partial charge in [-0.25, -0.2) is 0 Å². The highest BCUT2D eigenvalue weighted by molar-refractivity contribution is 6.34. The minimum absolute atomic E-state index is 0.115.